The Labute approximate surface area is 84.3 Å². The number of nitrogens with two attached hydrogens (primary N) is 1. The van der Waals surface area contributed by atoms with E-state index in [9.17, 15) is 0 Å². The molecule has 1 heterocycles. The lowest BCUT2D eigenvalue weighted by molar-refractivity contribution is 0.839. The first-order valence-electron chi connectivity index (χ1n) is 4.22. The molecule has 0 aromatic heterocycles. The number of halogens is 1. The van der Waals surface area contributed by atoms with E-state index >= 15 is 0 Å². The number of hydrogen-bond donors (Lipinski definition) is 1. The van der Waals surface area contributed by atoms with Crippen molar-refractivity contribution >= 4 is 18.2 Å². The molecule has 0 saturated carbocycles. The number of amidine groups is 1. The fourth-order valence-corrected chi connectivity index (χ4v) is 1.60. The third-order valence-corrected chi connectivity index (χ3v) is 2.27. The minimum absolute atomic E-state index is 0. The second-order valence-electron chi connectivity index (χ2n) is 3.06. The van der Waals surface area contributed by atoms with Crippen LogP contribution in [0, 0.1) is 0 Å². The summed E-state index contributed by atoms with van der Waals surface area (Å²) in [6.45, 7) is 0.880. The van der Waals surface area contributed by atoms with Crippen LogP contribution >= 0.6 is 12.4 Å². The standard InChI is InChI=1S/C10H12N2.ClH/c11-10-9(6-7-12-10)8-4-2-1-3-5-8;/h1-5,9H,6-7H2,(H2,11,12);1H. The van der Waals surface area contributed by atoms with Gasteiger partial charge in [0, 0.05) is 12.5 Å². The van der Waals surface area contributed by atoms with Gasteiger partial charge in [0.05, 0.1) is 0 Å². The first kappa shape index (κ1) is 10.1. The Bertz CT molecular complexity index is 295. The lowest BCUT2D eigenvalue weighted by Crippen LogP contribution is -2.17. The minimum atomic E-state index is 0. The Balaban J connectivity index is 0.000000845. The largest absolute Gasteiger partial charge is 0.387 e. The molecule has 13 heavy (non-hydrogen) atoms. The molecule has 2 N–H and O–H groups in total. The third-order valence-electron chi connectivity index (χ3n) is 2.27. The summed E-state index contributed by atoms with van der Waals surface area (Å²) in [5.41, 5.74) is 7.05. The van der Waals surface area contributed by atoms with Gasteiger partial charge in [-0.3, -0.25) is 4.99 Å². The quantitative estimate of drug-likeness (QED) is 0.733. The Morgan fingerprint density at radius 1 is 1.23 bits per heavy atom. The van der Waals surface area contributed by atoms with Crippen LogP contribution in [0.15, 0.2) is 35.3 Å². The van der Waals surface area contributed by atoms with Crippen LogP contribution in [0.5, 0.6) is 0 Å². The van der Waals surface area contributed by atoms with Crippen LogP contribution in [-0.2, 0) is 0 Å². The molecule has 0 bridgehead atoms. The predicted octanol–water partition coefficient (Wildman–Crippen LogP) is 1.95. The molecule has 1 unspecified atom stereocenters. The molecule has 70 valence electrons. The van der Waals surface area contributed by atoms with Crippen molar-refractivity contribution in [2.24, 2.45) is 10.7 Å². The maximum absolute atomic E-state index is 5.76. The highest BCUT2D eigenvalue weighted by atomic mass is 35.5. The first-order valence-corrected chi connectivity index (χ1v) is 4.22. The SMILES string of the molecule is Cl.NC1=NCCC1c1ccccc1. The van der Waals surface area contributed by atoms with E-state index in [1.807, 2.05) is 18.2 Å². The molecule has 2 nitrogen and oxygen atoms in total. The van der Waals surface area contributed by atoms with E-state index in [4.69, 9.17) is 5.73 Å². The van der Waals surface area contributed by atoms with Gasteiger partial charge in [0.15, 0.2) is 0 Å². The van der Waals surface area contributed by atoms with E-state index in [0.29, 0.717) is 5.92 Å². The van der Waals surface area contributed by atoms with Crippen LogP contribution in [0.1, 0.15) is 17.9 Å². The van der Waals surface area contributed by atoms with Gasteiger partial charge in [-0.05, 0) is 12.0 Å². The molecule has 0 radical (unpaired) electrons. The molecule has 0 saturated heterocycles. The van der Waals surface area contributed by atoms with Crippen molar-refractivity contribution in [3.05, 3.63) is 35.9 Å². The number of nitrogens with zero attached hydrogens (tertiary/aromatic N) is 1. The van der Waals surface area contributed by atoms with Crippen molar-refractivity contribution in [1.82, 2.24) is 0 Å². The summed E-state index contributed by atoms with van der Waals surface area (Å²) in [7, 11) is 0. The molecule has 0 fully saturated rings. The van der Waals surface area contributed by atoms with Crippen LogP contribution in [0.2, 0.25) is 0 Å². The van der Waals surface area contributed by atoms with Gasteiger partial charge in [-0.25, -0.2) is 0 Å². The fourth-order valence-electron chi connectivity index (χ4n) is 1.60. The van der Waals surface area contributed by atoms with Gasteiger partial charge in [-0.2, -0.15) is 0 Å². The first-order chi connectivity index (χ1) is 5.88. The van der Waals surface area contributed by atoms with E-state index in [2.05, 4.69) is 17.1 Å². The molecule has 0 amide bonds. The number of benzene rings is 1. The molecule has 1 aromatic rings. The normalized spacial score (nSPS) is 20.6. The summed E-state index contributed by atoms with van der Waals surface area (Å²) in [4.78, 5) is 4.19. The van der Waals surface area contributed by atoms with E-state index in [0.717, 1.165) is 18.8 Å². The van der Waals surface area contributed by atoms with Crippen molar-refractivity contribution in [3.8, 4) is 0 Å². The molecule has 3 heteroatoms. The molecule has 1 aromatic carbocycles. The van der Waals surface area contributed by atoms with Crippen LogP contribution in [-0.4, -0.2) is 12.4 Å². The van der Waals surface area contributed by atoms with Gasteiger partial charge >= 0.3 is 0 Å². The summed E-state index contributed by atoms with van der Waals surface area (Å²) >= 11 is 0. The molecule has 1 atom stereocenters. The molecule has 0 spiro atoms. The Hall–Kier alpha value is -1.02. The summed E-state index contributed by atoms with van der Waals surface area (Å²) in [6.07, 6.45) is 1.07. The van der Waals surface area contributed by atoms with E-state index in [1.165, 1.54) is 5.56 Å². The molecule has 1 aliphatic rings. The van der Waals surface area contributed by atoms with Crippen molar-refractivity contribution in [2.75, 3.05) is 6.54 Å². The fraction of sp³-hybridized carbons (Fsp3) is 0.300. The third kappa shape index (κ3) is 2.01. The number of rotatable bonds is 1. The zero-order valence-corrected chi connectivity index (χ0v) is 8.13. The topological polar surface area (TPSA) is 38.4 Å². The summed E-state index contributed by atoms with van der Waals surface area (Å²) in [6, 6.07) is 10.3. The minimum Gasteiger partial charge on any atom is -0.387 e. The maximum atomic E-state index is 5.76. The summed E-state index contributed by atoms with van der Waals surface area (Å²) < 4.78 is 0. The van der Waals surface area contributed by atoms with Crippen molar-refractivity contribution in [1.29, 1.82) is 0 Å². The number of hydrogen-bond acceptors (Lipinski definition) is 2. The van der Waals surface area contributed by atoms with Gasteiger partial charge < -0.3 is 5.73 Å². The molecule has 1 aliphatic heterocycles. The van der Waals surface area contributed by atoms with Crippen LogP contribution in [0.4, 0.5) is 0 Å². The second kappa shape index (κ2) is 4.28. The monoisotopic (exact) mass is 196 g/mol. The lowest BCUT2D eigenvalue weighted by atomic mass is 9.97. The molecular formula is C10H13ClN2. The highest BCUT2D eigenvalue weighted by Gasteiger charge is 2.19. The maximum Gasteiger partial charge on any atom is 0.101 e. The van der Waals surface area contributed by atoms with Crippen molar-refractivity contribution in [3.63, 3.8) is 0 Å². The van der Waals surface area contributed by atoms with Crippen LogP contribution in [0.25, 0.3) is 0 Å². The zero-order valence-electron chi connectivity index (χ0n) is 7.31. The van der Waals surface area contributed by atoms with Gasteiger partial charge in [-0.1, -0.05) is 30.3 Å². The zero-order chi connectivity index (χ0) is 8.39. The summed E-state index contributed by atoms with van der Waals surface area (Å²) in [5.74, 6) is 1.16. The second-order valence-corrected chi connectivity index (χ2v) is 3.06. The Morgan fingerprint density at radius 2 is 1.92 bits per heavy atom. The van der Waals surface area contributed by atoms with Gasteiger partial charge in [0.25, 0.3) is 0 Å². The highest BCUT2D eigenvalue weighted by molar-refractivity contribution is 5.88. The van der Waals surface area contributed by atoms with Crippen molar-refractivity contribution < 1.29 is 0 Å². The van der Waals surface area contributed by atoms with Crippen LogP contribution < -0.4 is 5.73 Å². The van der Waals surface area contributed by atoms with Gasteiger partial charge in [-0.15, -0.1) is 12.4 Å². The summed E-state index contributed by atoms with van der Waals surface area (Å²) in [5, 5.41) is 0. The Morgan fingerprint density at radius 3 is 2.46 bits per heavy atom. The average Bonchev–Trinajstić information content (AvgIpc) is 2.53. The van der Waals surface area contributed by atoms with Gasteiger partial charge in [0.1, 0.15) is 5.84 Å². The van der Waals surface area contributed by atoms with E-state index in [1.54, 1.807) is 0 Å². The van der Waals surface area contributed by atoms with Gasteiger partial charge in [0.2, 0.25) is 0 Å². The number of aliphatic imine (C=N–C) groups is 1. The predicted molar refractivity (Wildman–Crippen MR) is 57.5 cm³/mol. The van der Waals surface area contributed by atoms with Crippen LogP contribution in [0.3, 0.4) is 0 Å². The van der Waals surface area contributed by atoms with E-state index < -0.39 is 0 Å². The molecule has 0 aliphatic carbocycles. The average molecular weight is 197 g/mol. The van der Waals surface area contributed by atoms with E-state index in [-0.39, 0.29) is 12.4 Å². The lowest BCUT2D eigenvalue weighted by Gasteiger charge is -2.08. The van der Waals surface area contributed by atoms with Crippen molar-refractivity contribution in [2.45, 2.75) is 12.3 Å². The molecular weight excluding hydrogens is 184 g/mol. The Kier molecular flexibility index (Phi) is 3.32. The smallest absolute Gasteiger partial charge is 0.101 e. The molecule has 2 rings (SSSR count). The highest BCUT2D eigenvalue weighted by Crippen LogP contribution is 2.23.